The third-order valence-corrected chi connectivity index (χ3v) is 7.64. The largest absolute Gasteiger partial charge is 0.444 e. The second-order valence-corrected chi connectivity index (χ2v) is 12.7. The number of fused-ring (bicyclic) bond motifs is 1. The molecule has 2 aliphatic heterocycles. The molecule has 0 spiro atoms. The van der Waals surface area contributed by atoms with E-state index in [9.17, 15) is 18.8 Å². The van der Waals surface area contributed by atoms with Gasteiger partial charge in [0.05, 0.1) is 17.9 Å². The molecule has 8 nitrogen and oxygen atoms in total. The van der Waals surface area contributed by atoms with Gasteiger partial charge in [0.25, 0.3) is 5.56 Å². The number of rotatable bonds is 4. The number of nitrogens with zero attached hydrogens (tertiary/aromatic N) is 4. The summed E-state index contributed by atoms with van der Waals surface area (Å²) in [6.07, 6.45) is 0.0155. The maximum absolute atomic E-state index is 13.8. The van der Waals surface area contributed by atoms with Crippen LogP contribution in [0.2, 0.25) is 0 Å². The molecule has 2 atom stereocenters. The summed E-state index contributed by atoms with van der Waals surface area (Å²) in [5.41, 5.74) is 1.89. The summed E-state index contributed by atoms with van der Waals surface area (Å²) >= 11 is 0. The third-order valence-electron chi connectivity index (χ3n) is 7.64. The predicted octanol–water partition coefficient (Wildman–Crippen LogP) is 4.07. The summed E-state index contributed by atoms with van der Waals surface area (Å²) < 4.78 is 20.6. The normalized spacial score (nSPS) is 21.2. The van der Waals surface area contributed by atoms with Crippen LogP contribution in [0.4, 0.5) is 14.9 Å². The minimum Gasteiger partial charge on any atom is -0.444 e. The van der Waals surface area contributed by atoms with Crippen LogP contribution in [0.25, 0.3) is 0 Å². The van der Waals surface area contributed by atoms with Crippen LogP contribution < -0.4 is 10.5 Å². The molecule has 1 aromatic carbocycles. The minimum atomic E-state index is -0.571. The summed E-state index contributed by atoms with van der Waals surface area (Å²) in [7, 11) is 1.75. The zero-order chi connectivity index (χ0) is 28.9. The number of amides is 2. The van der Waals surface area contributed by atoms with E-state index in [-0.39, 0.29) is 42.0 Å². The lowest BCUT2D eigenvalue weighted by Crippen LogP contribution is -2.60. The van der Waals surface area contributed by atoms with Gasteiger partial charge in [-0.25, -0.2) is 9.18 Å². The maximum atomic E-state index is 13.8. The second-order valence-electron chi connectivity index (χ2n) is 12.7. The average molecular weight is 541 g/mol. The van der Waals surface area contributed by atoms with Crippen LogP contribution in [0.15, 0.2) is 35.1 Å². The highest BCUT2D eigenvalue weighted by Gasteiger charge is 2.42. The lowest BCUT2D eigenvalue weighted by Gasteiger charge is -2.44. The van der Waals surface area contributed by atoms with E-state index in [2.05, 4.69) is 4.90 Å². The number of benzene rings is 1. The molecule has 0 N–H and O–H groups in total. The molecule has 0 aliphatic carbocycles. The first-order valence-corrected chi connectivity index (χ1v) is 13.6. The topological polar surface area (TPSA) is 75.1 Å². The zero-order valence-corrected chi connectivity index (χ0v) is 24.4. The molecule has 212 valence electrons. The number of hydrogen-bond donors (Lipinski definition) is 0. The summed E-state index contributed by atoms with van der Waals surface area (Å²) in [5.74, 6) is -0.368. The van der Waals surface area contributed by atoms with Gasteiger partial charge >= 0.3 is 6.09 Å². The van der Waals surface area contributed by atoms with Crippen molar-refractivity contribution in [3.05, 3.63) is 63.3 Å². The van der Waals surface area contributed by atoms with Crippen molar-refractivity contribution in [2.75, 3.05) is 31.1 Å². The van der Waals surface area contributed by atoms with Gasteiger partial charge in [0.1, 0.15) is 11.4 Å². The first-order valence-electron chi connectivity index (χ1n) is 13.6. The number of ether oxygens (including phenoxy) is 1. The SMILES string of the molecule is CC1CN(CC(=O)N2CC(C)(C)c3c2cc(Cc2ccc(F)cc2)c(=O)n3C)[C@@H](C)CN1C(=O)OC(C)(C)C. The average Bonchev–Trinajstić information content (AvgIpc) is 3.10. The highest BCUT2D eigenvalue weighted by Crippen LogP contribution is 2.40. The van der Waals surface area contributed by atoms with Crippen molar-refractivity contribution in [3.8, 4) is 0 Å². The smallest absolute Gasteiger partial charge is 0.410 e. The fraction of sp³-hybridized carbons (Fsp3) is 0.567. The van der Waals surface area contributed by atoms with Crippen molar-refractivity contribution in [1.82, 2.24) is 14.4 Å². The molecule has 0 bridgehead atoms. The van der Waals surface area contributed by atoms with Crippen LogP contribution in [-0.4, -0.2) is 70.2 Å². The molecule has 1 saturated heterocycles. The van der Waals surface area contributed by atoms with Crippen molar-refractivity contribution >= 4 is 17.7 Å². The summed E-state index contributed by atoms with van der Waals surface area (Å²) in [6.45, 7) is 15.3. The van der Waals surface area contributed by atoms with Crippen molar-refractivity contribution in [2.45, 2.75) is 78.0 Å². The van der Waals surface area contributed by atoms with E-state index < -0.39 is 11.0 Å². The van der Waals surface area contributed by atoms with Crippen molar-refractivity contribution in [2.24, 2.45) is 7.05 Å². The van der Waals surface area contributed by atoms with Gasteiger partial charge in [-0.2, -0.15) is 0 Å². The van der Waals surface area contributed by atoms with Crippen molar-refractivity contribution < 1.29 is 18.7 Å². The Bertz CT molecular complexity index is 1310. The van der Waals surface area contributed by atoms with Crippen molar-refractivity contribution in [1.29, 1.82) is 0 Å². The number of piperazine rings is 1. The first-order chi connectivity index (χ1) is 18.1. The van der Waals surface area contributed by atoms with Gasteiger partial charge in [-0.05, 0) is 58.4 Å². The Labute approximate surface area is 230 Å². The molecular weight excluding hydrogens is 499 g/mol. The maximum Gasteiger partial charge on any atom is 0.410 e. The molecule has 2 aliphatic rings. The van der Waals surface area contributed by atoms with Crippen LogP contribution in [-0.2, 0) is 28.4 Å². The Morgan fingerprint density at radius 3 is 2.33 bits per heavy atom. The van der Waals surface area contributed by atoms with Gasteiger partial charge in [-0.1, -0.05) is 26.0 Å². The molecule has 3 heterocycles. The van der Waals surface area contributed by atoms with Crippen molar-refractivity contribution in [3.63, 3.8) is 0 Å². The number of anilines is 1. The molecule has 1 aromatic heterocycles. The van der Waals surface area contributed by atoms with Gasteiger partial charge in [0.15, 0.2) is 0 Å². The monoisotopic (exact) mass is 540 g/mol. The molecule has 0 radical (unpaired) electrons. The van der Waals surface area contributed by atoms with E-state index in [0.717, 1.165) is 16.9 Å². The highest BCUT2D eigenvalue weighted by molar-refractivity contribution is 5.97. The van der Waals surface area contributed by atoms with Gasteiger partial charge in [-0.3, -0.25) is 14.5 Å². The van der Waals surface area contributed by atoms with E-state index in [4.69, 9.17) is 4.74 Å². The predicted molar refractivity (Wildman–Crippen MR) is 150 cm³/mol. The van der Waals surface area contributed by atoms with Gasteiger partial charge in [0.2, 0.25) is 5.91 Å². The van der Waals surface area contributed by atoms with Gasteiger partial charge in [-0.15, -0.1) is 0 Å². The molecule has 0 saturated carbocycles. The van der Waals surface area contributed by atoms with E-state index in [1.165, 1.54) is 12.1 Å². The summed E-state index contributed by atoms with van der Waals surface area (Å²) in [4.78, 5) is 45.4. The molecule has 2 aromatic rings. The van der Waals surface area contributed by atoms with E-state index >= 15 is 0 Å². The fourth-order valence-electron chi connectivity index (χ4n) is 5.77. The Hall–Kier alpha value is -3.20. The number of aromatic nitrogens is 1. The number of hydrogen-bond acceptors (Lipinski definition) is 5. The van der Waals surface area contributed by atoms with Gasteiger partial charge < -0.3 is 19.1 Å². The molecular formula is C30H41FN4O4. The lowest BCUT2D eigenvalue weighted by atomic mass is 9.90. The molecule has 1 fully saturated rings. The van der Waals surface area contributed by atoms with Crippen LogP contribution in [0.1, 0.15) is 65.3 Å². The van der Waals surface area contributed by atoms with Crippen LogP contribution in [0.5, 0.6) is 0 Å². The Balaban J connectivity index is 1.55. The van der Waals surface area contributed by atoms with Crippen LogP contribution in [0, 0.1) is 5.82 Å². The first kappa shape index (κ1) is 28.8. The Kier molecular flexibility index (Phi) is 7.69. The minimum absolute atomic E-state index is 0.0260. The molecule has 39 heavy (non-hydrogen) atoms. The standard InChI is InChI=1S/C30H41FN4O4/c1-19-16-34(28(38)39-29(3,4)5)20(2)15-33(19)17-25(36)35-18-30(6,7)26-24(35)14-22(27(37)32(26)8)13-21-9-11-23(31)12-10-21/h9-12,14,19-20H,13,15-18H2,1-8H3/t19-,20?/m0/s1. The van der Waals surface area contributed by atoms with Gasteiger partial charge in [0, 0.05) is 56.2 Å². The summed E-state index contributed by atoms with van der Waals surface area (Å²) in [6, 6.07) is 7.83. The van der Waals surface area contributed by atoms with Crippen LogP contribution >= 0.6 is 0 Å². The molecule has 9 heteroatoms. The lowest BCUT2D eigenvalue weighted by molar-refractivity contribution is -0.121. The quantitative estimate of drug-likeness (QED) is 0.585. The van der Waals surface area contributed by atoms with E-state index in [1.54, 1.807) is 33.5 Å². The number of pyridine rings is 1. The number of halogens is 1. The number of carbonyl (C=O) groups excluding carboxylic acids is 2. The number of carbonyl (C=O) groups is 2. The van der Waals surface area contributed by atoms with E-state index in [1.807, 2.05) is 54.5 Å². The zero-order valence-electron chi connectivity index (χ0n) is 24.4. The second kappa shape index (κ2) is 10.4. The highest BCUT2D eigenvalue weighted by atomic mass is 19.1. The third kappa shape index (κ3) is 6.03. The fourth-order valence-corrected chi connectivity index (χ4v) is 5.77. The van der Waals surface area contributed by atoms with E-state index in [0.29, 0.717) is 31.6 Å². The molecule has 1 unspecified atom stereocenters. The molecule has 2 amide bonds. The van der Waals surface area contributed by atoms with Crippen LogP contribution in [0.3, 0.4) is 0 Å². The Morgan fingerprint density at radius 1 is 1.08 bits per heavy atom. The summed E-state index contributed by atoms with van der Waals surface area (Å²) in [5, 5.41) is 0. The Morgan fingerprint density at radius 2 is 1.72 bits per heavy atom. The molecule has 4 rings (SSSR count).